The van der Waals surface area contributed by atoms with E-state index in [1.807, 2.05) is 0 Å². The average Bonchev–Trinajstić information content (AvgIpc) is 2.99. The Bertz CT molecular complexity index is 766. The number of amides is 2. The Kier molecular flexibility index (Phi) is 5.67. The number of anilines is 1. The van der Waals surface area contributed by atoms with Gasteiger partial charge in [0.15, 0.2) is 0 Å². The Morgan fingerprint density at radius 3 is 2.74 bits per heavy atom. The van der Waals surface area contributed by atoms with E-state index >= 15 is 0 Å². The van der Waals surface area contributed by atoms with E-state index in [0.29, 0.717) is 27.0 Å². The van der Waals surface area contributed by atoms with E-state index in [1.165, 1.54) is 17.5 Å². The van der Waals surface area contributed by atoms with E-state index in [-0.39, 0.29) is 5.91 Å². The van der Waals surface area contributed by atoms with Crippen LogP contribution in [-0.2, 0) is 0 Å². The molecule has 2 amide bonds. The van der Waals surface area contributed by atoms with Crippen LogP contribution < -0.4 is 10.6 Å². The number of carbonyl (C=O) groups excluding carboxylic acids is 2. The second-order valence-electron chi connectivity index (χ2n) is 4.52. The molecule has 0 aromatic carbocycles. The fourth-order valence-electron chi connectivity index (χ4n) is 1.75. The van der Waals surface area contributed by atoms with Gasteiger partial charge >= 0.3 is 0 Å². The van der Waals surface area contributed by atoms with Crippen LogP contribution >= 0.6 is 22.9 Å². The number of halogens is 1. The fourth-order valence-corrected chi connectivity index (χ4v) is 2.65. The van der Waals surface area contributed by atoms with Crippen LogP contribution in [0.5, 0.6) is 0 Å². The minimum absolute atomic E-state index is 0.304. The molecule has 0 unspecified atom stereocenters. The van der Waals surface area contributed by atoms with Gasteiger partial charge in [0.05, 0.1) is 10.6 Å². The second kappa shape index (κ2) is 7.71. The molecule has 2 aromatic rings. The van der Waals surface area contributed by atoms with Gasteiger partial charge in [-0.3, -0.25) is 9.59 Å². The Morgan fingerprint density at radius 2 is 2.09 bits per heavy atom. The standard InChI is InChI=1S/C16H14ClN3O2S/c1-3-4-10(2)19-15(21)12-7-8-23-14(12)16(22)20-13-6-5-11(17)9-18-13/h3-9H,1H2,2H3,(H,19,21)(H,18,20,22)/b10-4+. The lowest BCUT2D eigenvalue weighted by Gasteiger charge is -2.07. The van der Waals surface area contributed by atoms with Crippen molar-refractivity contribution in [2.24, 2.45) is 0 Å². The maximum Gasteiger partial charge on any atom is 0.267 e. The van der Waals surface area contributed by atoms with Gasteiger partial charge in [-0.2, -0.15) is 0 Å². The molecule has 0 aliphatic carbocycles. The number of thiophene rings is 1. The molecular weight excluding hydrogens is 334 g/mol. The quantitative estimate of drug-likeness (QED) is 0.806. The lowest BCUT2D eigenvalue weighted by molar-refractivity contribution is 0.0952. The van der Waals surface area contributed by atoms with Crippen molar-refractivity contribution in [2.75, 3.05) is 5.32 Å². The molecule has 0 atom stereocenters. The average molecular weight is 348 g/mol. The van der Waals surface area contributed by atoms with Crippen LogP contribution in [0.25, 0.3) is 0 Å². The molecule has 0 aliphatic heterocycles. The summed E-state index contributed by atoms with van der Waals surface area (Å²) >= 11 is 6.93. The van der Waals surface area contributed by atoms with Gasteiger partial charge < -0.3 is 10.6 Å². The van der Waals surface area contributed by atoms with Gasteiger partial charge in [0.1, 0.15) is 10.7 Å². The van der Waals surface area contributed by atoms with Gasteiger partial charge in [0, 0.05) is 11.9 Å². The Balaban J connectivity index is 2.15. The van der Waals surface area contributed by atoms with E-state index in [9.17, 15) is 9.59 Å². The second-order valence-corrected chi connectivity index (χ2v) is 5.87. The van der Waals surface area contributed by atoms with Crippen molar-refractivity contribution in [1.29, 1.82) is 0 Å². The van der Waals surface area contributed by atoms with Gasteiger partial charge in [-0.25, -0.2) is 4.98 Å². The number of carbonyl (C=O) groups is 2. The summed E-state index contributed by atoms with van der Waals surface area (Å²) in [5.74, 6) is -0.386. The predicted molar refractivity (Wildman–Crippen MR) is 92.9 cm³/mol. The van der Waals surface area contributed by atoms with Crippen molar-refractivity contribution in [3.8, 4) is 0 Å². The molecule has 118 valence electrons. The summed E-state index contributed by atoms with van der Waals surface area (Å²) < 4.78 is 0. The fraction of sp³-hybridized carbons (Fsp3) is 0.0625. The smallest absolute Gasteiger partial charge is 0.267 e. The highest BCUT2D eigenvalue weighted by atomic mass is 35.5. The van der Waals surface area contributed by atoms with Crippen molar-refractivity contribution in [1.82, 2.24) is 10.3 Å². The first kappa shape index (κ1) is 16.9. The first-order chi connectivity index (χ1) is 11.0. The third-order valence-corrected chi connectivity index (χ3v) is 3.90. The third kappa shape index (κ3) is 4.51. The molecule has 23 heavy (non-hydrogen) atoms. The molecule has 7 heteroatoms. The highest BCUT2D eigenvalue weighted by Crippen LogP contribution is 2.19. The monoisotopic (exact) mass is 347 g/mol. The zero-order valence-corrected chi connectivity index (χ0v) is 13.9. The summed E-state index contributed by atoms with van der Waals surface area (Å²) in [6, 6.07) is 4.81. The third-order valence-electron chi connectivity index (χ3n) is 2.76. The van der Waals surface area contributed by atoms with E-state index in [4.69, 9.17) is 11.6 Å². The predicted octanol–water partition coefficient (Wildman–Crippen LogP) is 3.87. The number of hydrogen-bond donors (Lipinski definition) is 2. The van der Waals surface area contributed by atoms with Crippen LogP contribution in [0.4, 0.5) is 5.82 Å². The molecule has 2 heterocycles. The van der Waals surface area contributed by atoms with Crippen LogP contribution in [0.2, 0.25) is 5.02 Å². The van der Waals surface area contributed by atoms with Gasteiger partial charge in [-0.1, -0.05) is 24.3 Å². The first-order valence-corrected chi connectivity index (χ1v) is 7.88. The van der Waals surface area contributed by atoms with Crippen LogP contribution in [0.15, 0.2) is 54.2 Å². The zero-order valence-electron chi connectivity index (χ0n) is 12.3. The maximum absolute atomic E-state index is 12.3. The molecule has 0 fully saturated rings. The number of pyridine rings is 1. The molecular formula is C16H14ClN3O2S. The molecule has 2 aromatic heterocycles. The van der Waals surface area contributed by atoms with Crippen molar-refractivity contribution in [2.45, 2.75) is 6.92 Å². The van der Waals surface area contributed by atoms with Gasteiger partial charge in [-0.15, -0.1) is 11.3 Å². The summed E-state index contributed by atoms with van der Waals surface area (Å²) in [5.41, 5.74) is 0.945. The molecule has 0 aliphatic rings. The van der Waals surface area contributed by atoms with Crippen molar-refractivity contribution < 1.29 is 9.59 Å². The summed E-state index contributed by atoms with van der Waals surface area (Å²) in [6.45, 7) is 5.30. The van der Waals surface area contributed by atoms with Crippen molar-refractivity contribution in [3.05, 3.63) is 69.7 Å². The largest absolute Gasteiger partial charge is 0.326 e. The number of rotatable bonds is 5. The summed E-state index contributed by atoms with van der Waals surface area (Å²) in [6.07, 6.45) is 4.67. The summed E-state index contributed by atoms with van der Waals surface area (Å²) in [5, 5.41) is 7.49. The van der Waals surface area contributed by atoms with Crippen molar-refractivity contribution >= 4 is 40.6 Å². The normalized spacial score (nSPS) is 11.0. The van der Waals surface area contributed by atoms with Crippen LogP contribution in [0, 0.1) is 0 Å². The SMILES string of the molecule is C=C/C=C(\C)NC(=O)c1ccsc1C(=O)Nc1ccc(Cl)cn1. The molecule has 0 bridgehead atoms. The number of nitrogens with zero attached hydrogens (tertiary/aromatic N) is 1. The van der Waals surface area contributed by atoms with Gasteiger partial charge in [0.2, 0.25) is 0 Å². The molecule has 0 saturated carbocycles. The molecule has 2 N–H and O–H groups in total. The minimum Gasteiger partial charge on any atom is -0.326 e. The molecule has 0 saturated heterocycles. The molecule has 5 nitrogen and oxygen atoms in total. The zero-order chi connectivity index (χ0) is 16.8. The first-order valence-electron chi connectivity index (χ1n) is 6.62. The van der Waals surface area contributed by atoms with Gasteiger partial charge in [0.25, 0.3) is 11.8 Å². The highest BCUT2D eigenvalue weighted by Gasteiger charge is 2.19. The Morgan fingerprint density at radius 1 is 1.30 bits per heavy atom. The summed E-state index contributed by atoms with van der Waals surface area (Å²) in [7, 11) is 0. The molecule has 2 rings (SSSR count). The maximum atomic E-state index is 12.3. The highest BCUT2D eigenvalue weighted by molar-refractivity contribution is 7.12. The number of nitrogens with one attached hydrogen (secondary N) is 2. The van der Waals surface area contributed by atoms with Crippen LogP contribution in [0.1, 0.15) is 27.0 Å². The van der Waals surface area contributed by atoms with Crippen LogP contribution in [-0.4, -0.2) is 16.8 Å². The molecule has 0 spiro atoms. The minimum atomic E-state index is -0.398. The van der Waals surface area contributed by atoms with Gasteiger partial charge in [-0.05, 0) is 36.6 Å². The van der Waals surface area contributed by atoms with Crippen molar-refractivity contribution in [3.63, 3.8) is 0 Å². The number of aromatic nitrogens is 1. The number of hydrogen-bond acceptors (Lipinski definition) is 4. The topological polar surface area (TPSA) is 71.1 Å². The lowest BCUT2D eigenvalue weighted by atomic mass is 10.2. The summed E-state index contributed by atoms with van der Waals surface area (Å²) in [4.78, 5) is 28.8. The Labute approximate surface area is 142 Å². The van der Waals surface area contributed by atoms with E-state index in [0.717, 1.165) is 0 Å². The van der Waals surface area contributed by atoms with E-state index < -0.39 is 5.91 Å². The van der Waals surface area contributed by atoms with Crippen LogP contribution in [0.3, 0.4) is 0 Å². The van der Waals surface area contributed by atoms with E-state index in [2.05, 4.69) is 22.2 Å². The Hall–Kier alpha value is -2.44. The van der Waals surface area contributed by atoms with E-state index in [1.54, 1.807) is 42.7 Å². The molecule has 0 radical (unpaired) electrons. The lowest BCUT2D eigenvalue weighted by Crippen LogP contribution is -2.24. The number of allylic oxidation sites excluding steroid dienone is 3.